The van der Waals surface area contributed by atoms with Crippen LogP contribution < -0.4 is 0 Å². The zero-order valence-electron chi connectivity index (χ0n) is 11.8. The molecule has 0 unspecified atom stereocenters. The van der Waals surface area contributed by atoms with E-state index in [1.54, 1.807) is 0 Å². The van der Waals surface area contributed by atoms with E-state index in [1.165, 1.54) is 30.4 Å². The number of hydrogen-bond donors (Lipinski definition) is 0. The van der Waals surface area contributed by atoms with Crippen LogP contribution in [0.25, 0.3) is 0 Å². The zero-order valence-corrected chi connectivity index (χ0v) is 11.8. The molecule has 0 aromatic heterocycles. The third-order valence-electron chi connectivity index (χ3n) is 3.84. The highest BCUT2D eigenvalue weighted by molar-refractivity contribution is 5.74. The maximum absolute atomic E-state index is 10.7. The summed E-state index contributed by atoms with van der Waals surface area (Å²) in [6.07, 6.45) is 8.95. The third kappa shape index (κ3) is 3.42. The van der Waals surface area contributed by atoms with Crippen molar-refractivity contribution in [2.24, 2.45) is 5.41 Å². The van der Waals surface area contributed by atoms with Crippen molar-refractivity contribution in [2.45, 2.75) is 53.9 Å². The van der Waals surface area contributed by atoms with Crippen LogP contribution in [0.5, 0.6) is 0 Å². The summed E-state index contributed by atoms with van der Waals surface area (Å²) in [5.74, 6) is 0. The Morgan fingerprint density at radius 3 is 2.41 bits per heavy atom. The molecule has 0 amide bonds. The van der Waals surface area contributed by atoms with Crippen LogP contribution in [0.15, 0.2) is 34.4 Å². The number of rotatable bonds is 3. The van der Waals surface area contributed by atoms with Crippen molar-refractivity contribution in [1.82, 2.24) is 0 Å². The van der Waals surface area contributed by atoms with Crippen molar-refractivity contribution in [3.8, 4) is 0 Å². The molecule has 17 heavy (non-hydrogen) atoms. The maximum Gasteiger partial charge on any atom is 0.146 e. The number of allylic oxidation sites excluding steroid dienone is 6. The zero-order chi connectivity index (χ0) is 13.1. The second-order valence-electron chi connectivity index (χ2n) is 5.75. The normalized spacial score (nSPS) is 21.7. The lowest BCUT2D eigenvalue weighted by molar-refractivity contribution is -0.104. The highest BCUT2D eigenvalue weighted by Gasteiger charge is 2.26. The molecule has 1 nitrogen and oxygen atoms in total. The number of carbonyl (C=O) groups is 1. The Morgan fingerprint density at radius 1 is 1.24 bits per heavy atom. The first-order valence-electron chi connectivity index (χ1n) is 6.39. The number of carbonyl (C=O) groups excluding carboxylic acids is 1. The number of aldehydes is 1. The van der Waals surface area contributed by atoms with Crippen molar-refractivity contribution in [3.63, 3.8) is 0 Å². The van der Waals surface area contributed by atoms with Gasteiger partial charge in [0.2, 0.25) is 0 Å². The Labute approximate surface area is 105 Å². The van der Waals surface area contributed by atoms with Gasteiger partial charge in [0, 0.05) is 0 Å². The minimum Gasteiger partial charge on any atom is -0.298 e. The molecule has 0 N–H and O–H groups in total. The van der Waals surface area contributed by atoms with Gasteiger partial charge in [0.15, 0.2) is 0 Å². The molecule has 0 saturated heterocycles. The summed E-state index contributed by atoms with van der Waals surface area (Å²) < 4.78 is 0. The molecule has 1 aliphatic carbocycles. The van der Waals surface area contributed by atoms with E-state index < -0.39 is 0 Å². The topological polar surface area (TPSA) is 17.1 Å². The Morgan fingerprint density at radius 2 is 1.88 bits per heavy atom. The fourth-order valence-electron chi connectivity index (χ4n) is 2.44. The standard InChI is InChI=1S/C16H24O/c1-12(14(3)11-17)8-9-15-13(2)7-6-10-16(15,4)5/h8-9,11H,6-7,10H2,1-5H3/b9-8+,14-12+. The van der Waals surface area contributed by atoms with Crippen molar-refractivity contribution < 1.29 is 4.79 Å². The summed E-state index contributed by atoms with van der Waals surface area (Å²) in [5, 5.41) is 0. The average molecular weight is 232 g/mol. The van der Waals surface area contributed by atoms with Gasteiger partial charge in [-0.25, -0.2) is 0 Å². The van der Waals surface area contributed by atoms with Gasteiger partial charge in [-0.3, -0.25) is 4.79 Å². The predicted octanol–water partition coefficient (Wildman–Crippen LogP) is 4.60. The first kappa shape index (κ1) is 14.0. The first-order chi connectivity index (χ1) is 7.88. The van der Waals surface area contributed by atoms with Gasteiger partial charge in [-0.1, -0.05) is 31.6 Å². The van der Waals surface area contributed by atoms with Crippen LogP contribution >= 0.6 is 0 Å². The molecule has 1 rings (SSSR count). The smallest absolute Gasteiger partial charge is 0.146 e. The van der Waals surface area contributed by atoms with Gasteiger partial charge in [0.1, 0.15) is 6.29 Å². The molecule has 0 bridgehead atoms. The maximum atomic E-state index is 10.7. The Kier molecular flexibility index (Phi) is 4.50. The second-order valence-corrected chi connectivity index (χ2v) is 5.75. The summed E-state index contributed by atoms with van der Waals surface area (Å²) in [6, 6.07) is 0. The van der Waals surface area contributed by atoms with E-state index in [1.807, 2.05) is 13.8 Å². The fourth-order valence-corrected chi connectivity index (χ4v) is 2.44. The first-order valence-corrected chi connectivity index (χ1v) is 6.39. The summed E-state index contributed by atoms with van der Waals surface area (Å²) >= 11 is 0. The molecule has 0 saturated carbocycles. The van der Waals surface area contributed by atoms with Gasteiger partial charge in [-0.15, -0.1) is 0 Å². The lowest BCUT2D eigenvalue weighted by atomic mass is 9.72. The van der Waals surface area contributed by atoms with E-state index in [-0.39, 0.29) is 5.41 Å². The molecule has 0 heterocycles. The monoisotopic (exact) mass is 232 g/mol. The molecule has 0 atom stereocenters. The van der Waals surface area contributed by atoms with Gasteiger partial charge in [-0.05, 0) is 62.2 Å². The highest BCUT2D eigenvalue weighted by Crippen LogP contribution is 2.40. The van der Waals surface area contributed by atoms with Crippen LogP contribution in [0.1, 0.15) is 53.9 Å². The van der Waals surface area contributed by atoms with E-state index in [9.17, 15) is 4.79 Å². The van der Waals surface area contributed by atoms with Crippen LogP contribution in [0.3, 0.4) is 0 Å². The van der Waals surface area contributed by atoms with Crippen LogP contribution in [-0.2, 0) is 4.79 Å². The molecule has 1 aliphatic rings. The largest absolute Gasteiger partial charge is 0.298 e. The van der Waals surface area contributed by atoms with E-state index in [2.05, 4.69) is 32.9 Å². The fraction of sp³-hybridized carbons (Fsp3) is 0.562. The van der Waals surface area contributed by atoms with Crippen molar-refractivity contribution >= 4 is 6.29 Å². The van der Waals surface area contributed by atoms with Gasteiger partial charge < -0.3 is 0 Å². The third-order valence-corrected chi connectivity index (χ3v) is 3.84. The molecule has 0 aromatic rings. The predicted molar refractivity (Wildman–Crippen MR) is 73.9 cm³/mol. The molecule has 0 fully saturated rings. The molecule has 0 radical (unpaired) electrons. The average Bonchev–Trinajstić information content (AvgIpc) is 2.26. The van der Waals surface area contributed by atoms with Gasteiger partial charge in [0.25, 0.3) is 0 Å². The van der Waals surface area contributed by atoms with E-state index in [0.29, 0.717) is 0 Å². The molecular weight excluding hydrogens is 208 g/mol. The quantitative estimate of drug-likeness (QED) is 0.395. The van der Waals surface area contributed by atoms with Gasteiger partial charge >= 0.3 is 0 Å². The Hall–Kier alpha value is -1.11. The SMILES string of the molecule is CC1=C(/C=C/C(C)=C(\C)C=O)C(C)(C)CCC1. The minimum absolute atomic E-state index is 0.272. The molecule has 0 aliphatic heterocycles. The molecule has 0 aromatic carbocycles. The lowest BCUT2D eigenvalue weighted by Gasteiger charge is -2.33. The van der Waals surface area contributed by atoms with Gasteiger partial charge in [0.05, 0.1) is 0 Å². The molecule has 0 spiro atoms. The Balaban J connectivity index is 3.01. The van der Waals surface area contributed by atoms with Crippen molar-refractivity contribution in [1.29, 1.82) is 0 Å². The van der Waals surface area contributed by atoms with Crippen LogP contribution in [0.2, 0.25) is 0 Å². The van der Waals surface area contributed by atoms with Crippen LogP contribution in [-0.4, -0.2) is 6.29 Å². The highest BCUT2D eigenvalue weighted by atomic mass is 16.1. The minimum atomic E-state index is 0.272. The molecule has 1 heteroatoms. The van der Waals surface area contributed by atoms with E-state index >= 15 is 0 Å². The van der Waals surface area contributed by atoms with Gasteiger partial charge in [-0.2, -0.15) is 0 Å². The summed E-state index contributed by atoms with van der Waals surface area (Å²) in [4.78, 5) is 10.7. The van der Waals surface area contributed by atoms with Crippen LogP contribution in [0, 0.1) is 5.41 Å². The Bertz CT molecular complexity index is 392. The van der Waals surface area contributed by atoms with Crippen LogP contribution in [0.4, 0.5) is 0 Å². The van der Waals surface area contributed by atoms with E-state index in [4.69, 9.17) is 0 Å². The molecule has 94 valence electrons. The van der Waals surface area contributed by atoms with E-state index in [0.717, 1.165) is 17.4 Å². The van der Waals surface area contributed by atoms with Crippen molar-refractivity contribution in [2.75, 3.05) is 0 Å². The summed E-state index contributed by atoms with van der Waals surface area (Å²) in [7, 11) is 0. The number of hydrogen-bond acceptors (Lipinski definition) is 1. The lowest BCUT2D eigenvalue weighted by Crippen LogP contribution is -2.19. The second kappa shape index (κ2) is 5.48. The summed E-state index contributed by atoms with van der Waals surface area (Å²) in [6.45, 7) is 10.7. The molecular formula is C16H24O. The summed E-state index contributed by atoms with van der Waals surface area (Å²) in [5.41, 5.74) is 5.08. The van der Waals surface area contributed by atoms with Crippen molar-refractivity contribution in [3.05, 3.63) is 34.4 Å².